The average Bonchev–Trinajstić information content (AvgIpc) is 2.54. The number of hydrazine groups is 1. The molecule has 8 nitrogen and oxygen atoms in total. The Morgan fingerprint density at radius 2 is 1.71 bits per heavy atom. The lowest BCUT2D eigenvalue weighted by molar-refractivity contribution is -0.384. The number of non-ortho nitro benzene ring substituents is 1. The number of nitrogens with zero attached hydrogens (tertiary/aromatic N) is 1. The van der Waals surface area contributed by atoms with Crippen molar-refractivity contribution in [2.75, 3.05) is 0 Å². The third-order valence-electron chi connectivity index (χ3n) is 2.90. The highest BCUT2D eigenvalue weighted by Gasteiger charge is 2.17. The van der Waals surface area contributed by atoms with E-state index >= 15 is 0 Å². The van der Waals surface area contributed by atoms with Crippen LogP contribution in [-0.2, 0) is 0 Å². The number of hydrogen-bond donors (Lipinski definition) is 3. The van der Waals surface area contributed by atoms with Crippen LogP contribution in [0, 0.1) is 13.7 Å². The molecule has 24 heavy (non-hydrogen) atoms. The fraction of sp³-hybridized carbons (Fsp3) is 0. The summed E-state index contributed by atoms with van der Waals surface area (Å²) in [6.45, 7) is 0. The summed E-state index contributed by atoms with van der Waals surface area (Å²) in [5.74, 6) is -1.84. The molecule has 2 aromatic carbocycles. The van der Waals surface area contributed by atoms with Crippen LogP contribution in [0.4, 0.5) is 5.69 Å². The second-order valence-corrected chi connectivity index (χ2v) is 6.09. The Balaban J connectivity index is 2.13. The quantitative estimate of drug-likeness (QED) is 0.369. The molecule has 0 aliphatic carbocycles. The Morgan fingerprint density at radius 1 is 1.08 bits per heavy atom. The van der Waals surface area contributed by atoms with Crippen molar-refractivity contribution in [3.05, 3.63) is 66.2 Å². The third-order valence-corrected chi connectivity index (χ3v) is 4.07. The van der Waals surface area contributed by atoms with Gasteiger partial charge in [-0.2, -0.15) is 0 Å². The smallest absolute Gasteiger partial charge is 0.273 e. The van der Waals surface area contributed by atoms with Crippen molar-refractivity contribution in [3.8, 4) is 5.75 Å². The van der Waals surface area contributed by atoms with Crippen LogP contribution in [0.3, 0.4) is 0 Å². The van der Waals surface area contributed by atoms with Crippen LogP contribution in [0.15, 0.2) is 36.4 Å². The number of phenols is 1. The van der Waals surface area contributed by atoms with Crippen molar-refractivity contribution in [2.45, 2.75) is 0 Å². The highest BCUT2D eigenvalue weighted by molar-refractivity contribution is 14.1. The number of nitrogens with one attached hydrogen (secondary N) is 2. The molecule has 10 heteroatoms. The molecule has 0 unspecified atom stereocenters. The molecule has 0 aromatic heterocycles. The van der Waals surface area contributed by atoms with Crippen molar-refractivity contribution in [2.24, 2.45) is 0 Å². The van der Waals surface area contributed by atoms with Gasteiger partial charge in [-0.15, -0.1) is 0 Å². The number of halogens is 2. The summed E-state index contributed by atoms with van der Waals surface area (Å²) in [7, 11) is 0. The maximum atomic E-state index is 12.1. The molecule has 0 heterocycles. The Labute approximate surface area is 154 Å². The van der Waals surface area contributed by atoms with E-state index in [0.29, 0.717) is 3.57 Å². The van der Waals surface area contributed by atoms with Crippen LogP contribution in [0.1, 0.15) is 20.7 Å². The van der Waals surface area contributed by atoms with Crippen molar-refractivity contribution in [1.82, 2.24) is 10.9 Å². The van der Waals surface area contributed by atoms with E-state index in [4.69, 9.17) is 11.6 Å². The largest absolute Gasteiger partial charge is 0.507 e. The van der Waals surface area contributed by atoms with Crippen LogP contribution in [0.2, 0.25) is 5.02 Å². The summed E-state index contributed by atoms with van der Waals surface area (Å²) in [5.41, 5.74) is 3.89. The minimum absolute atomic E-state index is 0.0282. The first-order valence-corrected chi connectivity index (χ1v) is 7.78. The lowest BCUT2D eigenvalue weighted by atomic mass is 10.2. The highest BCUT2D eigenvalue weighted by atomic mass is 127. The number of carbonyl (C=O) groups is 2. The number of rotatable bonds is 3. The van der Waals surface area contributed by atoms with Gasteiger partial charge in [0.05, 0.1) is 16.1 Å². The topological polar surface area (TPSA) is 122 Å². The second-order valence-electron chi connectivity index (χ2n) is 4.49. The zero-order valence-electron chi connectivity index (χ0n) is 11.7. The molecule has 0 bridgehead atoms. The number of nitro benzene ring substituents is 1. The SMILES string of the molecule is O=C(NNC(=O)c1cc([N+](=O)[O-])ccc1I)c1cc(Cl)ccc1O. The fourth-order valence-electron chi connectivity index (χ4n) is 1.74. The molecule has 0 radical (unpaired) electrons. The van der Waals surface area contributed by atoms with Gasteiger partial charge in [-0.1, -0.05) is 11.6 Å². The van der Waals surface area contributed by atoms with Gasteiger partial charge in [0.25, 0.3) is 17.5 Å². The van der Waals surface area contributed by atoms with E-state index in [9.17, 15) is 24.8 Å². The molecule has 2 aromatic rings. The standard InChI is InChI=1S/C14H9ClIN3O5/c15-7-1-4-12(20)10(5-7)14(22)18-17-13(21)9-6-8(19(23)24)2-3-11(9)16/h1-6,20H,(H,17,21)(H,18,22). The summed E-state index contributed by atoms with van der Waals surface area (Å²) >= 11 is 7.58. The van der Waals surface area contributed by atoms with E-state index in [0.717, 1.165) is 6.07 Å². The van der Waals surface area contributed by atoms with Gasteiger partial charge in [0, 0.05) is 20.7 Å². The zero-order valence-corrected chi connectivity index (χ0v) is 14.7. The lowest BCUT2D eigenvalue weighted by Gasteiger charge is -2.09. The van der Waals surface area contributed by atoms with Gasteiger partial charge >= 0.3 is 0 Å². The minimum atomic E-state index is -0.788. The minimum Gasteiger partial charge on any atom is -0.507 e. The molecule has 0 aliphatic rings. The van der Waals surface area contributed by atoms with Gasteiger partial charge < -0.3 is 5.11 Å². The number of aromatic hydroxyl groups is 1. The third kappa shape index (κ3) is 4.11. The van der Waals surface area contributed by atoms with E-state index < -0.39 is 16.7 Å². The van der Waals surface area contributed by atoms with Gasteiger partial charge in [-0.3, -0.25) is 30.6 Å². The number of carbonyl (C=O) groups excluding carboxylic acids is 2. The number of phenolic OH excluding ortho intramolecular Hbond substituents is 1. The Morgan fingerprint density at radius 3 is 2.33 bits per heavy atom. The fourth-order valence-corrected chi connectivity index (χ4v) is 2.49. The monoisotopic (exact) mass is 461 g/mol. The molecular weight excluding hydrogens is 453 g/mol. The van der Waals surface area contributed by atoms with Gasteiger partial charge in [0.15, 0.2) is 0 Å². The normalized spacial score (nSPS) is 10.1. The van der Waals surface area contributed by atoms with Gasteiger partial charge in [-0.05, 0) is 46.9 Å². The predicted octanol–water partition coefficient (Wildman–Crippen LogP) is 2.63. The van der Waals surface area contributed by atoms with Crippen LogP contribution >= 0.6 is 34.2 Å². The van der Waals surface area contributed by atoms with E-state index in [2.05, 4.69) is 10.9 Å². The van der Waals surface area contributed by atoms with Crippen molar-refractivity contribution in [3.63, 3.8) is 0 Å². The first kappa shape index (κ1) is 17.9. The van der Waals surface area contributed by atoms with E-state index in [1.807, 2.05) is 22.6 Å². The molecule has 0 spiro atoms. The molecule has 2 rings (SSSR count). The lowest BCUT2D eigenvalue weighted by Crippen LogP contribution is -2.42. The molecule has 0 fully saturated rings. The molecular formula is C14H9ClIN3O5. The zero-order chi connectivity index (χ0) is 17.9. The van der Waals surface area contributed by atoms with Gasteiger partial charge in [-0.25, -0.2) is 0 Å². The van der Waals surface area contributed by atoms with Crippen molar-refractivity contribution >= 4 is 51.7 Å². The van der Waals surface area contributed by atoms with Gasteiger partial charge in [0.2, 0.25) is 0 Å². The summed E-state index contributed by atoms with van der Waals surface area (Å²) in [5, 5.41) is 20.6. The summed E-state index contributed by atoms with van der Waals surface area (Å²) in [6, 6.07) is 7.65. The number of hydrogen-bond acceptors (Lipinski definition) is 5. The maximum Gasteiger partial charge on any atom is 0.273 e. The number of amides is 2. The molecule has 124 valence electrons. The summed E-state index contributed by atoms with van der Waals surface area (Å²) in [6.07, 6.45) is 0. The molecule has 2 amide bonds. The number of benzene rings is 2. The first-order chi connectivity index (χ1) is 11.3. The number of nitro groups is 1. The van der Waals surface area contributed by atoms with E-state index in [-0.39, 0.29) is 27.6 Å². The van der Waals surface area contributed by atoms with Crippen LogP contribution in [0.25, 0.3) is 0 Å². The van der Waals surface area contributed by atoms with Crippen molar-refractivity contribution < 1.29 is 19.6 Å². The van der Waals surface area contributed by atoms with E-state index in [1.54, 1.807) is 0 Å². The van der Waals surface area contributed by atoms with Crippen LogP contribution in [0.5, 0.6) is 5.75 Å². The summed E-state index contributed by atoms with van der Waals surface area (Å²) in [4.78, 5) is 34.2. The van der Waals surface area contributed by atoms with Gasteiger partial charge in [0.1, 0.15) is 5.75 Å². The molecule has 3 N–H and O–H groups in total. The predicted molar refractivity (Wildman–Crippen MR) is 93.9 cm³/mol. The molecule has 0 saturated heterocycles. The Kier molecular flexibility index (Phi) is 5.57. The molecule has 0 aliphatic heterocycles. The second kappa shape index (κ2) is 7.45. The maximum absolute atomic E-state index is 12.1. The Bertz CT molecular complexity index is 843. The highest BCUT2D eigenvalue weighted by Crippen LogP contribution is 2.21. The first-order valence-electron chi connectivity index (χ1n) is 6.32. The molecule has 0 saturated carbocycles. The Hall–Kier alpha value is -2.40. The summed E-state index contributed by atoms with van der Waals surface area (Å²) < 4.78 is 0.468. The van der Waals surface area contributed by atoms with Crippen LogP contribution in [-0.4, -0.2) is 21.8 Å². The molecule has 0 atom stereocenters. The van der Waals surface area contributed by atoms with E-state index in [1.165, 1.54) is 30.3 Å². The van der Waals surface area contributed by atoms with Crippen LogP contribution < -0.4 is 10.9 Å². The average molecular weight is 462 g/mol. The van der Waals surface area contributed by atoms with Crippen molar-refractivity contribution in [1.29, 1.82) is 0 Å².